The first kappa shape index (κ1) is 16.7. The van der Waals surface area contributed by atoms with Gasteiger partial charge in [-0.15, -0.1) is 0 Å². The Labute approximate surface area is 136 Å². The second-order valence-electron chi connectivity index (χ2n) is 5.02. The SMILES string of the molecule is CCOc1ccc(Cc2ccc(OCC)c(C=O)c2)cc1C=O. The second-order valence-corrected chi connectivity index (χ2v) is 5.02. The lowest BCUT2D eigenvalue weighted by molar-refractivity contribution is 0.111. The molecule has 0 aliphatic rings. The molecular formula is C19H20O4. The van der Waals surface area contributed by atoms with E-state index in [1.807, 2.05) is 38.1 Å². The maximum absolute atomic E-state index is 11.2. The van der Waals surface area contributed by atoms with E-state index in [1.54, 1.807) is 12.1 Å². The number of carbonyl (C=O) groups excluding carboxylic acids is 2. The van der Waals surface area contributed by atoms with Gasteiger partial charge in [-0.25, -0.2) is 0 Å². The summed E-state index contributed by atoms with van der Waals surface area (Å²) in [6.07, 6.45) is 2.22. The predicted octanol–water partition coefficient (Wildman–Crippen LogP) is 3.70. The Balaban J connectivity index is 2.25. The third kappa shape index (κ3) is 4.19. The standard InChI is InChI=1S/C19H20O4/c1-3-22-18-7-5-14(10-16(18)12-20)9-15-6-8-19(23-4-2)17(11-15)13-21/h5-8,10-13H,3-4,9H2,1-2H3. The van der Waals surface area contributed by atoms with E-state index in [0.717, 1.165) is 23.7 Å². The fourth-order valence-corrected chi connectivity index (χ4v) is 2.41. The molecule has 0 N–H and O–H groups in total. The quantitative estimate of drug-likeness (QED) is 0.697. The van der Waals surface area contributed by atoms with E-state index in [1.165, 1.54) is 0 Å². The normalized spacial score (nSPS) is 10.2. The summed E-state index contributed by atoms with van der Waals surface area (Å²) in [5, 5.41) is 0. The minimum Gasteiger partial charge on any atom is -0.493 e. The lowest BCUT2D eigenvalue weighted by Gasteiger charge is -2.10. The van der Waals surface area contributed by atoms with Crippen LogP contribution in [0.3, 0.4) is 0 Å². The van der Waals surface area contributed by atoms with Crippen LogP contribution in [0.15, 0.2) is 36.4 Å². The fraction of sp³-hybridized carbons (Fsp3) is 0.263. The molecule has 4 heteroatoms. The zero-order valence-electron chi connectivity index (χ0n) is 13.4. The van der Waals surface area contributed by atoms with Gasteiger partial charge in [-0.2, -0.15) is 0 Å². The van der Waals surface area contributed by atoms with Gasteiger partial charge in [0.1, 0.15) is 11.5 Å². The molecule has 4 nitrogen and oxygen atoms in total. The number of rotatable bonds is 8. The fourth-order valence-electron chi connectivity index (χ4n) is 2.41. The monoisotopic (exact) mass is 312 g/mol. The lowest BCUT2D eigenvalue weighted by Crippen LogP contribution is -1.99. The largest absolute Gasteiger partial charge is 0.493 e. The molecule has 0 saturated carbocycles. The van der Waals surface area contributed by atoms with Gasteiger partial charge < -0.3 is 9.47 Å². The van der Waals surface area contributed by atoms with Gasteiger partial charge in [0.2, 0.25) is 0 Å². The molecule has 2 aromatic carbocycles. The highest BCUT2D eigenvalue weighted by Crippen LogP contribution is 2.23. The Morgan fingerprint density at radius 3 is 1.57 bits per heavy atom. The van der Waals surface area contributed by atoms with Crippen molar-refractivity contribution in [2.75, 3.05) is 13.2 Å². The molecule has 120 valence electrons. The molecule has 0 unspecified atom stereocenters. The van der Waals surface area contributed by atoms with E-state index in [0.29, 0.717) is 42.3 Å². The Kier molecular flexibility index (Phi) is 5.92. The van der Waals surface area contributed by atoms with Crippen molar-refractivity contribution in [1.29, 1.82) is 0 Å². The molecule has 0 atom stereocenters. The van der Waals surface area contributed by atoms with Gasteiger partial charge in [-0.1, -0.05) is 12.1 Å². The molecule has 2 aromatic rings. The van der Waals surface area contributed by atoms with E-state index in [2.05, 4.69) is 0 Å². The van der Waals surface area contributed by atoms with Gasteiger partial charge in [0.05, 0.1) is 24.3 Å². The van der Waals surface area contributed by atoms with Crippen LogP contribution in [0.5, 0.6) is 11.5 Å². The molecule has 0 aliphatic carbocycles. The zero-order valence-corrected chi connectivity index (χ0v) is 13.4. The van der Waals surface area contributed by atoms with Crippen molar-refractivity contribution in [3.05, 3.63) is 58.7 Å². The number of carbonyl (C=O) groups is 2. The van der Waals surface area contributed by atoms with Gasteiger partial charge in [-0.05, 0) is 55.7 Å². The molecule has 2 rings (SSSR count). The first-order valence-electron chi connectivity index (χ1n) is 7.63. The highest BCUT2D eigenvalue weighted by molar-refractivity contribution is 5.80. The number of ether oxygens (including phenoxy) is 2. The van der Waals surface area contributed by atoms with Crippen LogP contribution in [0, 0.1) is 0 Å². The maximum Gasteiger partial charge on any atom is 0.153 e. The van der Waals surface area contributed by atoms with Crippen molar-refractivity contribution in [2.45, 2.75) is 20.3 Å². The average molecular weight is 312 g/mol. The Morgan fingerprint density at radius 2 is 1.22 bits per heavy atom. The van der Waals surface area contributed by atoms with Crippen molar-refractivity contribution in [1.82, 2.24) is 0 Å². The molecule has 0 radical (unpaired) electrons. The highest BCUT2D eigenvalue weighted by atomic mass is 16.5. The Morgan fingerprint density at radius 1 is 0.783 bits per heavy atom. The summed E-state index contributed by atoms with van der Waals surface area (Å²) in [6, 6.07) is 11.1. The highest BCUT2D eigenvalue weighted by Gasteiger charge is 2.08. The van der Waals surface area contributed by atoms with Crippen molar-refractivity contribution in [3.63, 3.8) is 0 Å². The third-order valence-electron chi connectivity index (χ3n) is 3.41. The molecule has 0 fully saturated rings. The molecule has 23 heavy (non-hydrogen) atoms. The molecule has 0 bridgehead atoms. The summed E-state index contributed by atoms with van der Waals surface area (Å²) < 4.78 is 10.8. The number of benzene rings is 2. The van der Waals surface area contributed by atoms with Gasteiger partial charge >= 0.3 is 0 Å². The van der Waals surface area contributed by atoms with Gasteiger partial charge in [0, 0.05) is 0 Å². The van der Waals surface area contributed by atoms with Crippen LogP contribution >= 0.6 is 0 Å². The van der Waals surface area contributed by atoms with Gasteiger partial charge in [-0.3, -0.25) is 9.59 Å². The molecule has 0 aliphatic heterocycles. The van der Waals surface area contributed by atoms with Crippen molar-refractivity contribution in [3.8, 4) is 11.5 Å². The smallest absolute Gasteiger partial charge is 0.153 e. The predicted molar refractivity (Wildman–Crippen MR) is 88.8 cm³/mol. The van der Waals surface area contributed by atoms with E-state index >= 15 is 0 Å². The van der Waals surface area contributed by atoms with Gasteiger partial charge in [0.25, 0.3) is 0 Å². The lowest BCUT2D eigenvalue weighted by atomic mass is 10.0. The summed E-state index contributed by atoms with van der Waals surface area (Å²) in [4.78, 5) is 22.4. The van der Waals surface area contributed by atoms with Crippen LogP contribution in [0.2, 0.25) is 0 Å². The van der Waals surface area contributed by atoms with Crippen molar-refractivity contribution < 1.29 is 19.1 Å². The Bertz CT molecular complexity index is 632. The summed E-state index contributed by atoms with van der Waals surface area (Å²) in [7, 11) is 0. The summed E-state index contributed by atoms with van der Waals surface area (Å²) in [5.74, 6) is 1.18. The van der Waals surface area contributed by atoms with Crippen molar-refractivity contribution in [2.24, 2.45) is 0 Å². The van der Waals surface area contributed by atoms with Crippen LogP contribution in [0.1, 0.15) is 45.7 Å². The molecule has 0 amide bonds. The summed E-state index contributed by atoms with van der Waals surface area (Å²) >= 11 is 0. The molecule has 0 heterocycles. The number of aldehydes is 2. The van der Waals surface area contributed by atoms with Crippen molar-refractivity contribution >= 4 is 12.6 Å². The van der Waals surface area contributed by atoms with Crippen LogP contribution in [0.25, 0.3) is 0 Å². The summed E-state index contributed by atoms with van der Waals surface area (Å²) in [6.45, 7) is 4.79. The van der Waals surface area contributed by atoms with Gasteiger partial charge in [0.15, 0.2) is 12.6 Å². The van der Waals surface area contributed by atoms with E-state index < -0.39 is 0 Å². The Hall–Kier alpha value is -2.62. The van der Waals surface area contributed by atoms with E-state index in [9.17, 15) is 9.59 Å². The topological polar surface area (TPSA) is 52.6 Å². The first-order valence-corrected chi connectivity index (χ1v) is 7.63. The molecule has 0 saturated heterocycles. The second kappa shape index (κ2) is 8.13. The van der Waals surface area contributed by atoms with Crippen LogP contribution in [-0.2, 0) is 6.42 Å². The molecule has 0 spiro atoms. The zero-order chi connectivity index (χ0) is 16.7. The maximum atomic E-state index is 11.2. The van der Waals surface area contributed by atoms with E-state index in [4.69, 9.17) is 9.47 Å². The minimum atomic E-state index is 0.516. The average Bonchev–Trinajstić information content (AvgIpc) is 2.58. The van der Waals surface area contributed by atoms with Crippen LogP contribution in [-0.4, -0.2) is 25.8 Å². The molecular weight excluding hydrogens is 292 g/mol. The molecule has 0 aromatic heterocycles. The van der Waals surface area contributed by atoms with Crippen LogP contribution in [0.4, 0.5) is 0 Å². The van der Waals surface area contributed by atoms with Crippen LogP contribution < -0.4 is 9.47 Å². The summed E-state index contributed by atoms with van der Waals surface area (Å²) in [5.41, 5.74) is 3.03. The van der Waals surface area contributed by atoms with E-state index in [-0.39, 0.29) is 0 Å². The third-order valence-corrected chi connectivity index (χ3v) is 3.41. The first-order chi connectivity index (χ1) is 11.2. The number of hydrogen-bond acceptors (Lipinski definition) is 4. The number of hydrogen-bond donors (Lipinski definition) is 0. The minimum absolute atomic E-state index is 0.516.